The quantitative estimate of drug-likeness (QED) is 0.156. The molecule has 0 radical (unpaired) electrons. The van der Waals surface area contributed by atoms with E-state index in [1.807, 2.05) is 24.3 Å². The van der Waals surface area contributed by atoms with Crippen LogP contribution in [0.4, 0.5) is 73.9 Å². The molecule has 0 spiro atoms. The highest BCUT2D eigenvalue weighted by atomic mass is 15.2. The summed E-state index contributed by atoms with van der Waals surface area (Å²) in [5.74, 6) is 0. The summed E-state index contributed by atoms with van der Waals surface area (Å²) in [6, 6.07) is 71.5. The lowest BCUT2D eigenvalue weighted by Crippen LogP contribution is -2.29. The zero-order chi connectivity index (χ0) is 43.9. The van der Waals surface area contributed by atoms with Gasteiger partial charge in [-0.05, 0) is 130 Å². The maximum Gasteiger partial charge on any atom is 0.187 e. The molecule has 0 saturated carbocycles. The topological polar surface area (TPSA) is 41.1 Å². The molecule has 6 heteroatoms. The number of rotatable bonds is 6. The molecule has 4 heterocycles. The summed E-state index contributed by atoms with van der Waals surface area (Å²) in [4.78, 5) is 13.5. The standard InChI is InChI=1S/C60H40N6/c1-62-46-24-28-50(29-25-46)64(48-16-6-3-7-17-48)56-31-23-43-33-45-36-57-44(37-58(45)66-54-19-11-9-13-41(54)35-52(56)60(43)66)32-42-22-30-55(51-34-40-12-8-10-18-53(40)65(57)59(42)51)63(47-14-4-2-5-15-47)49-26-20-39(38-61)21-27-49/h2-31,36-37H,32-35H2. The fourth-order valence-electron chi connectivity index (χ4n) is 11.0. The summed E-state index contributed by atoms with van der Waals surface area (Å²) in [5.41, 5.74) is 25.6. The lowest BCUT2D eigenvalue weighted by atomic mass is 9.81. The molecule has 6 nitrogen and oxygen atoms in total. The number of nitriles is 1. The van der Waals surface area contributed by atoms with Crippen LogP contribution in [0, 0.1) is 17.9 Å². The molecular formula is C60H40N6. The lowest BCUT2D eigenvalue weighted by Gasteiger charge is -2.44. The summed E-state index contributed by atoms with van der Waals surface area (Å²) in [7, 11) is 0. The third-order valence-electron chi connectivity index (χ3n) is 13.9. The van der Waals surface area contributed by atoms with Crippen molar-refractivity contribution in [3.8, 4) is 6.07 Å². The Bertz CT molecular complexity index is 3280. The van der Waals surface area contributed by atoms with E-state index in [0.29, 0.717) is 11.3 Å². The van der Waals surface area contributed by atoms with E-state index in [1.54, 1.807) is 0 Å². The van der Waals surface area contributed by atoms with Crippen molar-refractivity contribution in [2.24, 2.45) is 0 Å². The summed E-state index contributed by atoms with van der Waals surface area (Å²) >= 11 is 0. The van der Waals surface area contributed by atoms with Crippen LogP contribution >= 0.6 is 0 Å². The zero-order valence-electron chi connectivity index (χ0n) is 36.0. The number of fused-ring (bicyclic) bond motifs is 8. The molecule has 0 bridgehead atoms. The second kappa shape index (κ2) is 14.9. The first kappa shape index (κ1) is 37.7. The van der Waals surface area contributed by atoms with Crippen LogP contribution < -0.4 is 19.6 Å². The number of hydrogen-bond acceptors (Lipinski definition) is 5. The van der Waals surface area contributed by atoms with Gasteiger partial charge in [0.1, 0.15) is 0 Å². The smallest absolute Gasteiger partial charge is 0.187 e. The van der Waals surface area contributed by atoms with Gasteiger partial charge in [0.2, 0.25) is 0 Å². The average Bonchev–Trinajstić information content (AvgIpc) is 3.38. The Balaban J connectivity index is 0.985. The predicted octanol–water partition coefficient (Wildman–Crippen LogP) is 15.6. The molecule has 0 fully saturated rings. The largest absolute Gasteiger partial charge is 0.310 e. The minimum absolute atomic E-state index is 0.628. The molecule has 66 heavy (non-hydrogen) atoms. The van der Waals surface area contributed by atoms with Crippen LogP contribution in [0.25, 0.3) is 4.85 Å². The van der Waals surface area contributed by atoms with Gasteiger partial charge in [-0.25, -0.2) is 4.85 Å². The molecule has 13 rings (SSSR count). The monoisotopic (exact) mass is 844 g/mol. The molecule has 0 atom stereocenters. The van der Waals surface area contributed by atoms with Gasteiger partial charge in [0, 0.05) is 70.9 Å². The highest BCUT2D eigenvalue weighted by Crippen LogP contribution is 2.58. The molecular weight excluding hydrogens is 805 g/mol. The number of benzene rings is 9. The fourth-order valence-corrected chi connectivity index (χ4v) is 11.0. The van der Waals surface area contributed by atoms with Gasteiger partial charge < -0.3 is 19.6 Å². The molecule has 9 aromatic rings. The summed E-state index contributed by atoms with van der Waals surface area (Å²) < 4.78 is 0. The highest BCUT2D eigenvalue weighted by Gasteiger charge is 2.39. The van der Waals surface area contributed by atoms with E-state index in [-0.39, 0.29) is 0 Å². The molecule has 0 unspecified atom stereocenters. The lowest BCUT2D eigenvalue weighted by molar-refractivity contribution is 0.978. The van der Waals surface area contributed by atoms with Crippen molar-refractivity contribution in [1.82, 2.24) is 0 Å². The van der Waals surface area contributed by atoms with Crippen molar-refractivity contribution in [3.63, 3.8) is 0 Å². The Morgan fingerprint density at radius 3 is 1.29 bits per heavy atom. The van der Waals surface area contributed by atoms with Crippen LogP contribution in [0.5, 0.6) is 0 Å². The van der Waals surface area contributed by atoms with Gasteiger partial charge in [0.05, 0.1) is 52.3 Å². The predicted molar refractivity (Wildman–Crippen MR) is 267 cm³/mol. The Hall–Kier alpha value is -8.84. The van der Waals surface area contributed by atoms with Crippen LogP contribution in [-0.4, -0.2) is 0 Å². The van der Waals surface area contributed by atoms with Crippen LogP contribution in [0.1, 0.15) is 50.1 Å². The SMILES string of the molecule is [C-]#[N+]c1ccc(N(c2ccccc2)c2ccc3c4c2Cc2ccccc2N4c2cc4c(cc2C3)N2c3ccccc3Cc3c(N(c5ccccc5)c5ccc(C#N)cc5)ccc(c32)C4)cc1. The van der Waals surface area contributed by atoms with E-state index in [0.717, 1.165) is 59.8 Å². The molecule has 0 aliphatic carbocycles. The molecule has 4 aliphatic rings. The number of anilines is 12. The highest BCUT2D eigenvalue weighted by molar-refractivity contribution is 5.98. The van der Waals surface area contributed by atoms with Gasteiger partial charge in [-0.3, -0.25) is 0 Å². The van der Waals surface area contributed by atoms with E-state index in [9.17, 15) is 5.26 Å². The summed E-state index contributed by atoms with van der Waals surface area (Å²) in [5, 5.41) is 9.68. The molecule has 0 aromatic heterocycles. The second-order valence-electron chi connectivity index (χ2n) is 17.5. The number of nitrogens with zero attached hydrogens (tertiary/aromatic N) is 6. The average molecular weight is 845 g/mol. The summed E-state index contributed by atoms with van der Waals surface area (Å²) in [6.45, 7) is 7.62. The van der Waals surface area contributed by atoms with Gasteiger partial charge in [-0.2, -0.15) is 5.26 Å². The molecule has 4 aliphatic heterocycles. The van der Waals surface area contributed by atoms with E-state index in [1.165, 1.54) is 78.6 Å². The molecule has 9 aromatic carbocycles. The Labute approximate surface area is 384 Å². The molecule has 0 N–H and O–H groups in total. The maximum absolute atomic E-state index is 9.68. The van der Waals surface area contributed by atoms with Crippen LogP contribution in [-0.2, 0) is 25.7 Å². The van der Waals surface area contributed by atoms with Gasteiger partial charge in [-0.1, -0.05) is 97.1 Å². The first-order chi connectivity index (χ1) is 32.6. The van der Waals surface area contributed by atoms with Crippen LogP contribution in [0.3, 0.4) is 0 Å². The summed E-state index contributed by atoms with van der Waals surface area (Å²) in [6.07, 6.45) is 3.23. The van der Waals surface area contributed by atoms with Crippen molar-refractivity contribution < 1.29 is 0 Å². The number of hydrogen-bond donors (Lipinski definition) is 0. The zero-order valence-corrected chi connectivity index (χ0v) is 36.0. The first-order valence-corrected chi connectivity index (χ1v) is 22.5. The van der Waals surface area contributed by atoms with Crippen LogP contribution in [0.15, 0.2) is 194 Å². The third-order valence-corrected chi connectivity index (χ3v) is 13.9. The normalized spacial score (nSPS) is 13.1. The van der Waals surface area contributed by atoms with Crippen molar-refractivity contribution in [3.05, 3.63) is 256 Å². The minimum Gasteiger partial charge on any atom is -0.310 e. The fraction of sp³-hybridized carbons (Fsp3) is 0.0667. The van der Waals surface area contributed by atoms with E-state index >= 15 is 0 Å². The molecule has 0 amide bonds. The van der Waals surface area contributed by atoms with Gasteiger partial charge in [-0.15, -0.1) is 0 Å². The third kappa shape index (κ3) is 5.79. The maximum atomic E-state index is 9.68. The van der Waals surface area contributed by atoms with Gasteiger partial charge >= 0.3 is 0 Å². The van der Waals surface area contributed by atoms with Crippen molar-refractivity contribution >= 4 is 73.9 Å². The van der Waals surface area contributed by atoms with Gasteiger partial charge in [0.15, 0.2) is 5.69 Å². The molecule has 0 saturated heterocycles. The van der Waals surface area contributed by atoms with Crippen molar-refractivity contribution in [1.29, 1.82) is 5.26 Å². The van der Waals surface area contributed by atoms with Gasteiger partial charge in [0.25, 0.3) is 0 Å². The first-order valence-electron chi connectivity index (χ1n) is 22.5. The minimum atomic E-state index is 0.628. The Morgan fingerprint density at radius 2 is 0.833 bits per heavy atom. The Morgan fingerprint density at radius 1 is 0.409 bits per heavy atom. The Kier molecular flexibility index (Phi) is 8.50. The number of para-hydroxylation sites is 4. The van der Waals surface area contributed by atoms with Crippen molar-refractivity contribution in [2.45, 2.75) is 25.7 Å². The van der Waals surface area contributed by atoms with Crippen molar-refractivity contribution in [2.75, 3.05) is 19.6 Å². The van der Waals surface area contributed by atoms with Crippen LogP contribution in [0.2, 0.25) is 0 Å². The van der Waals surface area contributed by atoms with E-state index in [2.05, 4.69) is 200 Å². The van der Waals surface area contributed by atoms with E-state index < -0.39 is 0 Å². The molecule has 310 valence electrons. The second-order valence-corrected chi connectivity index (χ2v) is 17.5. The van der Waals surface area contributed by atoms with E-state index in [4.69, 9.17) is 6.57 Å².